The molecule has 0 aliphatic heterocycles. The van der Waals surface area contributed by atoms with E-state index in [1.165, 1.54) is 11.3 Å². The van der Waals surface area contributed by atoms with Crippen LogP contribution in [0.3, 0.4) is 0 Å². The number of aryl methyl sites for hydroxylation is 1. The van der Waals surface area contributed by atoms with Gasteiger partial charge in [-0.3, -0.25) is 14.4 Å². The number of carbonyl (C=O) groups excluding carboxylic acids is 3. The SMILES string of the molecule is NC(=O)c1c(NC(=O)COC(=O)C2(c3ccc(Cl)cc3)CCC2)sc2c1CCC2. The lowest BCUT2D eigenvalue weighted by molar-refractivity contribution is -0.156. The lowest BCUT2D eigenvalue weighted by Crippen LogP contribution is -2.44. The maximum Gasteiger partial charge on any atom is 0.317 e. The number of anilines is 1. The topological polar surface area (TPSA) is 98.5 Å². The van der Waals surface area contributed by atoms with Gasteiger partial charge in [0.25, 0.3) is 11.8 Å². The Morgan fingerprint density at radius 1 is 1.14 bits per heavy atom. The molecule has 0 atom stereocenters. The smallest absolute Gasteiger partial charge is 0.317 e. The van der Waals surface area contributed by atoms with Crippen molar-refractivity contribution in [3.63, 3.8) is 0 Å². The van der Waals surface area contributed by atoms with Crippen molar-refractivity contribution in [2.45, 2.75) is 43.9 Å². The molecule has 4 rings (SSSR count). The molecule has 1 aromatic heterocycles. The van der Waals surface area contributed by atoms with Gasteiger partial charge >= 0.3 is 5.97 Å². The minimum absolute atomic E-state index is 0.388. The predicted octanol–water partition coefficient (Wildman–Crippen LogP) is 3.59. The van der Waals surface area contributed by atoms with Crippen LogP contribution >= 0.6 is 22.9 Å². The molecule has 0 unspecified atom stereocenters. The highest BCUT2D eigenvalue weighted by atomic mass is 35.5. The highest BCUT2D eigenvalue weighted by molar-refractivity contribution is 7.17. The fourth-order valence-electron chi connectivity index (χ4n) is 4.09. The summed E-state index contributed by atoms with van der Waals surface area (Å²) in [6, 6.07) is 7.15. The van der Waals surface area contributed by atoms with Gasteiger partial charge in [-0.2, -0.15) is 0 Å². The Morgan fingerprint density at radius 2 is 1.86 bits per heavy atom. The molecule has 2 aromatic rings. The second-order valence-corrected chi connectivity index (χ2v) is 9.03. The molecule has 1 heterocycles. The van der Waals surface area contributed by atoms with E-state index in [-0.39, 0.29) is 0 Å². The van der Waals surface area contributed by atoms with Crippen molar-refractivity contribution in [2.24, 2.45) is 5.73 Å². The summed E-state index contributed by atoms with van der Waals surface area (Å²) in [5.74, 6) is -1.44. The monoisotopic (exact) mass is 432 g/mol. The second kappa shape index (κ2) is 7.80. The van der Waals surface area contributed by atoms with E-state index < -0.39 is 29.8 Å². The number of benzene rings is 1. The normalized spacial score (nSPS) is 16.6. The average molecular weight is 433 g/mol. The summed E-state index contributed by atoms with van der Waals surface area (Å²) in [5, 5.41) is 3.74. The zero-order valence-electron chi connectivity index (χ0n) is 15.8. The first-order valence-corrected chi connectivity index (χ1v) is 10.8. The lowest BCUT2D eigenvalue weighted by atomic mass is 9.64. The molecule has 0 saturated heterocycles. The van der Waals surface area contributed by atoms with Crippen LogP contribution in [-0.4, -0.2) is 24.4 Å². The van der Waals surface area contributed by atoms with Gasteiger partial charge in [0.15, 0.2) is 6.61 Å². The quantitative estimate of drug-likeness (QED) is 0.681. The highest BCUT2D eigenvalue weighted by Crippen LogP contribution is 2.45. The zero-order valence-corrected chi connectivity index (χ0v) is 17.3. The minimum Gasteiger partial charge on any atom is -0.455 e. The first-order valence-electron chi connectivity index (χ1n) is 9.58. The average Bonchev–Trinajstić information content (AvgIpc) is 3.21. The molecular weight excluding hydrogens is 412 g/mol. The van der Waals surface area contributed by atoms with Gasteiger partial charge in [-0.1, -0.05) is 30.2 Å². The van der Waals surface area contributed by atoms with E-state index in [4.69, 9.17) is 22.1 Å². The number of ether oxygens (including phenoxy) is 1. The van der Waals surface area contributed by atoms with E-state index in [0.29, 0.717) is 28.4 Å². The first kappa shape index (κ1) is 19.9. The van der Waals surface area contributed by atoms with Crippen molar-refractivity contribution in [1.82, 2.24) is 0 Å². The molecule has 1 saturated carbocycles. The van der Waals surface area contributed by atoms with E-state index in [9.17, 15) is 14.4 Å². The van der Waals surface area contributed by atoms with Crippen molar-refractivity contribution in [1.29, 1.82) is 0 Å². The number of amides is 2. The number of nitrogens with one attached hydrogen (secondary N) is 1. The van der Waals surface area contributed by atoms with E-state index in [1.54, 1.807) is 12.1 Å². The van der Waals surface area contributed by atoms with E-state index in [1.807, 2.05) is 12.1 Å². The van der Waals surface area contributed by atoms with Crippen LogP contribution < -0.4 is 11.1 Å². The maximum atomic E-state index is 12.8. The Balaban J connectivity index is 1.42. The fourth-order valence-corrected chi connectivity index (χ4v) is 5.53. The Hall–Kier alpha value is -2.38. The molecule has 1 aromatic carbocycles. The minimum atomic E-state index is -0.715. The molecule has 29 heavy (non-hydrogen) atoms. The molecule has 8 heteroatoms. The molecule has 2 amide bonds. The van der Waals surface area contributed by atoms with Gasteiger partial charge in [-0.25, -0.2) is 0 Å². The number of fused-ring (bicyclic) bond motifs is 1. The molecule has 0 radical (unpaired) electrons. The van der Waals surface area contributed by atoms with E-state index in [0.717, 1.165) is 41.7 Å². The van der Waals surface area contributed by atoms with Gasteiger partial charge < -0.3 is 15.8 Å². The Bertz CT molecular complexity index is 979. The number of rotatable bonds is 6. The van der Waals surface area contributed by atoms with Crippen LogP contribution in [0.15, 0.2) is 24.3 Å². The largest absolute Gasteiger partial charge is 0.455 e. The van der Waals surface area contributed by atoms with Crippen LogP contribution in [0.2, 0.25) is 5.02 Å². The van der Waals surface area contributed by atoms with Gasteiger partial charge in [-0.15, -0.1) is 11.3 Å². The number of hydrogen-bond donors (Lipinski definition) is 2. The zero-order chi connectivity index (χ0) is 20.6. The van der Waals surface area contributed by atoms with Crippen LogP contribution in [0.5, 0.6) is 0 Å². The first-order chi connectivity index (χ1) is 13.9. The van der Waals surface area contributed by atoms with Crippen LogP contribution in [0.1, 0.15) is 52.0 Å². The van der Waals surface area contributed by atoms with Crippen LogP contribution in [-0.2, 0) is 32.6 Å². The summed E-state index contributed by atoms with van der Waals surface area (Å²) in [7, 11) is 0. The van der Waals surface area contributed by atoms with Crippen LogP contribution in [0.4, 0.5) is 5.00 Å². The molecular formula is C21H21ClN2O4S. The van der Waals surface area contributed by atoms with Crippen molar-refractivity contribution in [3.8, 4) is 0 Å². The molecule has 0 bridgehead atoms. The van der Waals surface area contributed by atoms with Gasteiger partial charge in [0.2, 0.25) is 0 Å². The maximum absolute atomic E-state index is 12.8. The van der Waals surface area contributed by atoms with Crippen molar-refractivity contribution in [2.75, 3.05) is 11.9 Å². The number of thiophene rings is 1. The summed E-state index contributed by atoms with van der Waals surface area (Å²) in [6.45, 7) is -0.408. The number of nitrogens with two attached hydrogens (primary N) is 1. The van der Waals surface area contributed by atoms with Gasteiger partial charge in [0, 0.05) is 9.90 Å². The Kier molecular flexibility index (Phi) is 5.36. The highest BCUT2D eigenvalue weighted by Gasteiger charge is 2.47. The summed E-state index contributed by atoms with van der Waals surface area (Å²) < 4.78 is 5.35. The molecule has 6 nitrogen and oxygen atoms in total. The third-order valence-electron chi connectivity index (χ3n) is 5.75. The van der Waals surface area contributed by atoms with Crippen molar-refractivity contribution < 1.29 is 19.1 Å². The molecule has 152 valence electrons. The summed E-state index contributed by atoms with van der Waals surface area (Å²) >= 11 is 7.32. The number of primary amides is 1. The summed E-state index contributed by atoms with van der Waals surface area (Å²) in [6.07, 6.45) is 4.94. The lowest BCUT2D eigenvalue weighted by Gasteiger charge is -2.39. The van der Waals surface area contributed by atoms with Crippen molar-refractivity contribution >= 4 is 45.7 Å². The van der Waals surface area contributed by atoms with Crippen LogP contribution in [0, 0.1) is 0 Å². The van der Waals surface area contributed by atoms with Gasteiger partial charge in [-0.05, 0) is 55.4 Å². The van der Waals surface area contributed by atoms with E-state index in [2.05, 4.69) is 5.32 Å². The number of hydrogen-bond acceptors (Lipinski definition) is 5. The predicted molar refractivity (Wildman–Crippen MR) is 111 cm³/mol. The summed E-state index contributed by atoms with van der Waals surface area (Å²) in [4.78, 5) is 38.1. The molecule has 2 aliphatic carbocycles. The number of carbonyl (C=O) groups is 3. The number of esters is 1. The van der Waals surface area contributed by atoms with Gasteiger partial charge in [0.1, 0.15) is 5.00 Å². The standard InChI is InChI=1S/C21H21ClN2O4S/c22-13-7-5-12(6-8-13)21(9-2-10-21)20(27)28-11-16(25)24-19-17(18(23)26)14-3-1-4-15(14)29-19/h5-8H,1-4,9-11H2,(H2,23,26)(H,24,25). The third kappa shape index (κ3) is 3.65. The van der Waals surface area contributed by atoms with Gasteiger partial charge in [0.05, 0.1) is 11.0 Å². The van der Waals surface area contributed by atoms with E-state index >= 15 is 0 Å². The Morgan fingerprint density at radius 3 is 2.48 bits per heavy atom. The molecule has 0 spiro atoms. The molecule has 3 N–H and O–H groups in total. The van der Waals surface area contributed by atoms with Crippen molar-refractivity contribution in [3.05, 3.63) is 50.9 Å². The molecule has 2 aliphatic rings. The summed E-state index contributed by atoms with van der Waals surface area (Å²) in [5.41, 5.74) is 6.97. The third-order valence-corrected chi connectivity index (χ3v) is 7.21. The number of halogens is 1. The second-order valence-electron chi connectivity index (χ2n) is 7.49. The fraction of sp³-hybridized carbons (Fsp3) is 0.381. The Labute approximate surface area is 177 Å². The molecule has 1 fully saturated rings. The van der Waals surface area contributed by atoms with Crippen LogP contribution in [0.25, 0.3) is 0 Å².